The van der Waals surface area contributed by atoms with Crippen LogP contribution in [0.3, 0.4) is 0 Å². The number of carbonyl (C=O) groups is 1. The fourth-order valence-electron chi connectivity index (χ4n) is 5.33. The molecule has 1 aromatic heterocycles. The van der Waals surface area contributed by atoms with Crippen molar-refractivity contribution in [3.63, 3.8) is 0 Å². The van der Waals surface area contributed by atoms with Crippen molar-refractivity contribution in [2.24, 2.45) is 0 Å². The standard InChI is InChI=1S/C27H25Cl2FN4O3/c1-2-24(35)34-14-3-4-15(34)10-17(9-14)37-22-11-18-21(12-23(22)36-16-5-6-16)31-13-32-27(18)33-20-8-7-19(28)25(29)26(20)30/h2,7-8,11-17H,1,3-6,9-10H2,(H,31,32,33)/t14-,15+,17?. The van der Waals surface area contributed by atoms with Crippen LogP contribution in [-0.2, 0) is 4.79 Å². The lowest BCUT2D eigenvalue weighted by Crippen LogP contribution is -2.48. The molecule has 0 spiro atoms. The molecule has 2 aromatic carbocycles. The summed E-state index contributed by atoms with van der Waals surface area (Å²) in [7, 11) is 0. The Balaban J connectivity index is 1.33. The molecule has 2 aliphatic heterocycles. The number of piperidine rings is 1. The van der Waals surface area contributed by atoms with Crippen molar-refractivity contribution >= 4 is 51.5 Å². The number of carbonyl (C=O) groups excluding carboxylic acids is 1. The Bertz CT molecular complexity index is 1390. The molecule has 3 fully saturated rings. The van der Waals surface area contributed by atoms with Crippen molar-refractivity contribution < 1.29 is 18.7 Å². The molecule has 192 valence electrons. The number of hydrogen-bond acceptors (Lipinski definition) is 6. The summed E-state index contributed by atoms with van der Waals surface area (Å²) in [6, 6.07) is 6.99. The van der Waals surface area contributed by atoms with E-state index in [0.717, 1.165) is 38.5 Å². The maximum atomic E-state index is 14.7. The van der Waals surface area contributed by atoms with Crippen molar-refractivity contribution in [1.29, 1.82) is 0 Å². The Hall–Kier alpha value is -3.10. The van der Waals surface area contributed by atoms with Gasteiger partial charge in [0.2, 0.25) is 5.91 Å². The first-order chi connectivity index (χ1) is 17.9. The van der Waals surface area contributed by atoms with Gasteiger partial charge in [0.05, 0.1) is 27.4 Å². The van der Waals surface area contributed by atoms with Gasteiger partial charge in [-0.25, -0.2) is 14.4 Å². The predicted octanol–water partition coefficient (Wildman–Crippen LogP) is 6.45. The summed E-state index contributed by atoms with van der Waals surface area (Å²) in [6.45, 7) is 3.65. The van der Waals surface area contributed by atoms with Gasteiger partial charge in [-0.3, -0.25) is 4.79 Å². The molecular formula is C27H25Cl2FN4O3. The highest BCUT2D eigenvalue weighted by Gasteiger charge is 2.43. The van der Waals surface area contributed by atoms with E-state index in [1.165, 1.54) is 24.5 Å². The van der Waals surface area contributed by atoms with Gasteiger partial charge in [-0.15, -0.1) is 0 Å². The minimum atomic E-state index is -0.664. The van der Waals surface area contributed by atoms with Crippen LogP contribution in [-0.4, -0.2) is 45.1 Å². The highest BCUT2D eigenvalue weighted by molar-refractivity contribution is 6.42. The molecule has 10 heteroatoms. The number of hydrogen-bond donors (Lipinski definition) is 1. The van der Waals surface area contributed by atoms with E-state index >= 15 is 0 Å². The molecule has 3 aromatic rings. The molecule has 0 radical (unpaired) electrons. The number of rotatable bonds is 7. The second-order valence-electron chi connectivity index (χ2n) is 9.75. The van der Waals surface area contributed by atoms with Gasteiger partial charge in [0, 0.05) is 36.4 Å². The zero-order valence-electron chi connectivity index (χ0n) is 19.9. The molecular weight excluding hydrogens is 518 g/mol. The number of aromatic nitrogens is 2. The molecule has 1 aliphatic carbocycles. The summed E-state index contributed by atoms with van der Waals surface area (Å²) in [5.41, 5.74) is 0.776. The van der Waals surface area contributed by atoms with Crippen LogP contribution in [0.15, 0.2) is 43.2 Å². The van der Waals surface area contributed by atoms with Gasteiger partial charge in [-0.2, -0.15) is 0 Å². The molecule has 1 unspecified atom stereocenters. The lowest BCUT2D eigenvalue weighted by Gasteiger charge is -2.38. The third-order valence-corrected chi connectivity index (χ3v) is 8.00. The largest absolute Gasteiger partial charge is 0.486 e. The quantitative estimate of drug-likeness (QED) is 0.273. The predicted molar refractivity (Wildman–Crippen MR) is 140 cm³/mol. The minimum absolute atomic E-state index is 0.0168. The van der Waals surface area contributed by atoms with Crippen LogP contribution in [0.5, 0.6) is 11.5 Å². The monoisotopic (exact) mass is 542 g/mol. The van der Waals surface area contributed by atoms with E-state index in [1.54, 1.807) is 0 Å². The zero-order chi connectivity index (χ0) is 25.7. The minimum Gasteiger partial charge on any atom is -0.486 e. The van der Waals surface area contributed by atoms with Crippen LogP contribution in [0.1, 0.15) is 38.5 Å². The van der Waals surface area contributed by atoms with Gasteiger partial charge in [-0.1, -0.05) is 29.8 Å². The number of amides is 1. The normalized spacial score (nSPS) is 22.7. The van der Waals surface area contributed by atoms with Crippen molar-refractivity contribution in [3.8, 4) is 11.5 Å². The second kappa shape index (κ2) is 9.65. The Kier molecular flexibility index (Phi) is 6.32. The summed E-state index contributed by atoms with van der Waals surface area (Å²) in [6.07, 6.45) is 8.28. The summed E-state index contributed by atoms with van der Waals surface area (Å²) in [4.78, 5) is 23.1. The lowest BCUT2D eigenvalue weighted by molar-refractivity contribution is -0.131. The molecule has 2 saturated heterocycles. The third-order valence-electron chi connectivity index (χ3n) is 7.22. The molecule has 3 aliphatic rings. The van der Waals surface area contributed by atoms with Crippen LogP contribution in [0.2, 0.25) is 10.0 Å². The first kappa shape index (κ1) is 24.2. The second-order valence-corrected chi connectivity index (χ2v) is 10.5. The van der Waals surface area contributed by atoms with Crippen LogP contribution >= 0.6 is 23.2 Å². The van der Waals surface area contributed by atoms with Gasteiger partial charge in [0.1, 0.15) is 18.2 Å². The smallest absolute Gasteiger partial charge is 0.246 e. The van der Waals surface area contributed by atoms with E-state index in [4.69, 9.17) is 32.7 Å². The number of anilines is 2. The summed E-state index contributed by atoms with van der Waals surface area (Å²) >= 11 is 11.9. The average molecular weight is 543 g/mol. The summed E-state index contributed by atoms with van der Waals surface area (Å²) in [5.74, 6) is 0.924. The number of ether oxygens (including phenoxy) is 2. The van der Waals surface area contributed by atoms with Crippen molar-refractivity contribution in [1.82, 2.24) is 14.9 Å². The molecule has 1 saturated carbocycles. The van der Waals surface area contributed by atoms with Crippen LogP contribution in [0.25, 0.3) is 10.9 Å². The van der Waals surface area contributed by atoms with E-state index in [-0.39, 0.29) is 45.9 Å². The van der Waals surface area contributed by atoms with Crippen molar-refractivity contribution in [2.75, 3.05) is 5.32 Å². The maximum absolute atomic E-state index is 14.7. The molecule has 3 heterocycles. The van der Waals surface area contributed by atoms with Crippen molar-refractivity contribution in [3.05, 3.63) is 59.1 Å². The Morgan fingerprint density at radius 2 is 1.76 bits per heavy atom. The van der Waals surface area contributed by atoms with E-state index < -0.39 is 5.82 Å². The van der Waals surface area contributed by atoms with E-state index in [9.17, 15) is 9.18 Å². The number of benzene rings is 2. The van der Waals surface area contributed by atoms with Gasteiger partial charge in [0.25, 0.3) is 0 Å². The average Bonchev–Trinajstić information content (AvgIpc) is 3.67. The molecule has 3 atom stereocenters. The number of fused-ring (bicyclic) bond motifs is 3. The number of nitrogens with one attached hydrogen (secondary N) is 1. The number of halogens is 3. The van der Waals surface area contributed by atoms with Gasteiger partial charge in [-0.05, 0) is 50.0 Å². The third kappa shape index (κ3) is 4.68. The molecule has 7 nitrogen and oxygen atoms in total. The SMILES string of the molecule is C=CC(=O)N1[C@@H]2CC[C@H]1CC(Oc1cc3c(Nc4ccc(Cl)c(Cl)c4F)ncnc3cc1OC1CC1)C2. The van der Waals surface area contributed by atoms with Crippen molar-refractivity contribution in [2.45, 2.75) is 62.8 Å². The van der Waals surface area contributed by atoms with Crippen LogP contribution in [0, 0.1) is 5.82 Å². The fraction of sp³-hybridized carbons (Fsp3) is 0.370. The highest BCUT2D eigenvalue weighted by atomic mass is 35.5. The van der Waals surface area contributed by atoms with E-state index in [0.29, 0.717) is 28.2 Å². The maximum Gasteiger partial charge on any atom is 0.246 e. The van der Waals surface area contributed by atoms with E-state index in [1.807, 2.05) is 17.0 Å². The number of nitrogens with zero attached hydrogens (tertiary/aromatic N) is 3. The zero-order valence-corrected chi connectivity index (χ0v) is 21.4. The molecule has 37 heavy (non-hydrogen) atoms. The van der Waals surface area contributed by atoms with Crippen LogP contribution in [0.4, 0.5) is 15.9 Å². The summed E-state index contributed by atoms with van der Waals surface area (Å²) < 4.78 is 27.5. The molecule has 1 N–H and O–H groups in total. The first-order valence-corrected chi connectivity index (χ1v) is 13.1. The highest BCUT2D eigenvalue weighted by Crippen LogP contribution is 2.42. The van der Waals surface area contributed by atoms with Gasteiger partial charge >= 0.3 is 0 Å². The Morgan fingerprint density at radius 1 is 1.05 bits per heavy atom. The molecule has 6 rings (SSSR count). The fourth-order valence-corrected chi connectivity index (χ4v) is 5.64. The van der Waals surface area contributed by atoms with Gasteiger partial charge < -0.3 is 19.7 Å². The lowest BCUT2D eigenvalue weighted by atomic mass is 9.99. The molecule has 1 amide bonds. The Labute approximate surface area is 223 Å². The van der Waals surface area contributed by atoms with Gasteiger partial charge in [0.15, 0.2) is 17.3 Å². The topological polar surface area (TPSA) is 76.6 Å². The molecule has 2 bridgehead atoms. The van der Waals surface area contributed by atoms with E-state index in [2.05, 4.69) is 21.9 Å². The summed E-state index contributed by atoms with van der Waals surface area (Å²) in [5, 5.41) is 3.63. The first-order valence-electron chi connectivity index (χ1n) is 12.4. The van der Waals surface area contributed by atoms with Crippen LogP contribution < -0.4 is 14.8 Å². The Morgan fingerprint density at radius 3 is 2.46 bits per heavy atom.